The van der Waals surface area contributed by atoms with Crippen molar-refractivity contribution in [3.8, 4) is 11.3 Å². The van der Waals surface area contributed by atoms with Crippen LogP contribution in [-0.4, -0.2) is 17.1 Å². The summed E-state index contributed by atoms with van der Waals surface area (Å²) >= 11 is 8.31. The van der Waals surface area contributed by atoms with Gasteiger partial charge in [-0.05, 0) is 49.7 Å². The molecule has 1 aliphatic rings. The molecule has 2 aromatic heterocycles. The molecule has 0 radical (unpaired) electrons. The minimum absolute atomic E-state index is 0.233. The van der Waals surface area contributed by atoms with Crippen LogP contribution in [0.3, 0.4) is 0 Å². The molecule has 0 bridgehead atoms. The Balaban J connectivity index is 1.64. The van der Waals surface area contributed by atoms with Crippen LogP contribution in [0.15, 0.2) is 95.1 Å². The van der Waals surface area contributed by atoms with Crippen molar-refractivity contribution in [2.45, 2.75) is 19.9 Å². The summed E-state index contributed by atoms with van der Waals surface area (Å²) in [6.45, 7) is 3.76. The number of carbonyl (C=O) groups excluding carboxylic acids is 1. The van der Waals surface area contributed by atoms with Gasteiger partial charge in [-0.1, -0.05) is 73.5 Å². The van der Waals surface area contributed by atoms with Crippen molar-refractivity contribution in [3.63, 3.8) is 0 Å². The average molecular weight is 628 g/mol. The molecule has 3 heterocycles. The van der Waals surface area contributed by atoms with Gasteiger partial charge in [0.1, 0.15) is 11.5 Å². The minimum Gasteiger partial charge on any atom is -0.463 e. The number of nitrogens with zero attached hydrogens (tertiary/aromatic N) is 2. The maximum atomic E-state index is 13.7. The molecule has 1 atom stereocenters. The van der Waals surface area contributed by atoms with Crippen LogP contribution in [-0.2, 0) is 9.53 Å². The van der Waals surface area contributed by atoms with E-state index in [1.165, 1.54) is 11.3 Å². The first-order valence-corrected chi connectivity index (χ1v) is 13.6. The van der Waals surface area contributed by atoms with Gasteiger partial charge in [0, 0.05) is 20.6 Å². The second-order valence-corrected chi connectivity index (χ2v) is 10.8. The number of carbonyl (C=O) groups is 1. The van der Waals surface area contributed by atoms with Crippen LogP contribution in [0, 0.1) is 0 Å². The highest BCUT2D eigenvalue weighted by molar-refractivity contribution is 9.11. The first-order chi connectivity index (χ1) is 17.4. The van der Waals surface area contributed by atoms with E-state index in [-0.39, 0.29) is 12.2 Å². The van der Waals surface area contributed by atoms with Crippen molar-refractivity contribution in [1.29, 1.82) is 0 Å². The number of benzene rings is 2. The van der Waals surface area contributed by atoms with Gasteiger partial charge in [0.2, 0.25) is 0 Å². The summed E-state index contributed by atoms with van der Waals surface area (Å²) in [5.41, 5.74) is 2.35. The molecule has 182 valence electrons. The van der Waals surface area contributed by atoms with Crippen molar-refractivity contribution in [2.75, 3.05) is 6.61 Å². The lowest BCUT2D eigenvalue weighted by molar-refractivity contribution is -0.139. The van der Waals surface area contributed by atoms with Crippen LogP contribution in [0.1, 0.15) is 31.2 Å². The van der Waals surface area contributed by atoms with Crippen LogP contribution in [0.5, 0.6) is 0 Å². The quantitative estimate of drug-likeness (QED) is 0.271. The van der Waals surface area contributed by atoms with E-state index in [9.17, 15) is 9.59 Å². The molecule has 0 spiro atoms. The molecule has 0 saturated heterocycles. The minimum atomic E-state index is -0.631. The number of hydrogen-bond donors (Lipinski definition) is 0. The van der Waals surface area contributed by atoms with E-state index >= 15 is 0 Å². The van der Waals surface area contributed by atoms with E-state index < -0.39 is 12.0 Å². The zero-order valence-corrected chi connectivity index (χ0v) is 23.3. The molecule has 9 heteroatoms. The zero-order chi connectivity index (χ0) is 25.4. The Morgan fingerprint density at radius 2 is 1.94 bits per heavy atom. The Kier molecular flexibility index (Phi) is 6.96. The lowest BCUT2D eigenvalue weighted by atomic mass is 9.96. The van der Waals surface area contributed by atoms with Gasteiger partial charge >= 0.3 is 5.97 Å². The number of allylic oxidation sites excluding steroid dienone is 1. The highest BCUT2D eigenvalue weighted by Gasteiger charge is 2.33. The maximum absolute atomic E-state index is 13.7. The fourth-order valence-corrected chi connectivity index (χ4v) is 5.96. The number of hydrogen-bond acceptors (Lipinski definition) is 6. The number of esters is 1. The van der Waals surface area contributed by atoms with Gasteiger partial charge in [-0.2, -0.15) is 0 Å². The third-order valence-electron chi connectivity index (χ3n) is 5.73. The van der Waals surface area contributed by atoms with Crippen LogP contribution < -0.4 is 14.9 Å². The normalized spacial score (nSPS) is 15.6. The number of fused-ring (bicyclic) bond motifs is 1. The van der Waals surface area contributed by atoms with Gasteiger partial charge < -0.3 is 9.15 Å². The number of halogens is 2. The molecular weight excluding hydrogens is 608 g/mol. The molecule has 4 aromatic rings. The second-order valence-electron chi connectivity index (χ2n) is 8.04. The predicted molar refractivity (Wildman–Crippen MR) is 146 cm³/mol. The van der Waals surface area contributed by atoms with Crippen LogP contribution in [0.2, 0.25) is 0 Å². The SMILES string of the molecule is CCOC(=O)C1=C(C)N=c2s/c(=C/c3ccc(-c4cc(Br)ccc4Br)o3)c(=O)n2[C@H]1c1ccccc1. The summed E-state index contributed by atoms with van der Waals surface area (Å²) in [7, 11) is 0. The van der Waals surface area contributed by atoms with Crippen molar-refractivity contribution in [1.82, 2.24) is 4.57 Å². The lowest BCUT2D eigenvalue weighted by Gasteiger charge is -2.24. The molecule has 36 heavy (non-hydrogen) atoms. The van der Waals surface area contributed by atoms with E-state index in [2.05, 4.69) is 36.9 Å². The first-order valence-electron chi connectivity index (χ1n) is 11.2. The Morgan fingerprint density at radius 1 is 1.17 bits per heavy atom. The van der Waals surface area contributed by atoms with Crippen molar-refractivity contribution in [3.05, 3.63) is 112 Å². The van der Waals surface area contributed by atoms with Gasteiger partial charge in [-0.25, -0.2) is 9.79 Å². The first kappa shape index (κ1) is 24.7. The number of rotatable bonds is 5. The predicted octanol–water partition coefficient (Wildman–Crippen LogP) is 5.58. The van der Waals surface area contributed by atoms with Crippen molar-refractivity contribution in [2.24, 2.45) is 4.99 Å². The van der Waals surface area contributed by atoms with E-state index in [1.807, 2.05) is 60.7 Å². The molecule has 0 fully saturated rings. The Morgan fingerprint density at radius 3 is 2.69 bits per heavy atom. The Labute approximate surface area is 227 Å². The Bertz CT molecular complexity index is 1680. The molecular formula is C27H20Br2N2O4S. The fraction of sp³-hybridized carbons (Fsp3) is 0.148. The van der Waals surface area contributed by atoms with Gasteiger partial charge in [0.25, 0.3) is 5.56 Å². The molecule has 5 rings (SSSR count). The number of furan rings is 1. The number of thiazole rings is 1. The van der Waals surface area contributed by atoms with Crippen LogP contribution in [0.25, 0.3) is 17.4 Å². The fourth-order valence-electron chi connectivity index (χ4n) is 4.13. The van der Waals surface area contributed by atoms with Gasteiger partial charge in [0.05, 0.1) is 28.5 Å². The van der Waals surface area contributed by atoms with Crippen LogP contribution >= 0.6 is 43.2 Å². The third kappa shape index (κ3) is 4.58. The summed E-state index contributed by atoms with van der Waals surface area (Å²) in [6, 6.07) is 18.3. The van der Waals surface area contributed by atoms with E-state index in [4.69, 9.17) is 9.15 Å². The summed E-state index contributed by atoms with van der Waals surface area (Å²) in [5, 5.41) is 0. The van der Waals surface area contributed by atoms with Gasteiger partial charge in [-0.3, -0.25) is 9.36 Å². The highest BCUT2D eigenvalue weighted by Crippen LogP contribution is 2.33. The summed E-state index contributed by atoms with van der Waals surface area (Å²) in [5.74, 6) is 0.738. The third-order valence-corrected chi connectivity index (χ3v) is 7.89. The van der Waals surface area contributed by atoms with E-state index in [1.54, 1.807) is 24.5 Å². The molecule has 0 aliphatic carbocycles. The topological polar surface area (TPSA) is 73.8 Å². The van der Waals surface area contributed by atoms with Crippen molar-refractivity contribution < 1.29 is 13.9 Å². The molecule has 0 unspecified atom stereocenters. The molecule has 6 nitrogen and oxygen atoms in total. The molecule has 0 saturated carbocycles. The molecule has 2 aromatic carbocycles. The van der Waals surface area contributed by atoms with E-state index in [0.29, 0.717) is 32.1 Å². The Hall–Kier alpha value is -3.01. The summed E-state index contributed by atoms with van der Waals surface area (Å²) < 4.78 is 15.2. The zero-order valence-electron chi connectivity index (χ0n) is 19.3. The monoisotopic (exact) mass is 626 g/mol. The largest absolute Gasteiger partial charge is 0.463 e. The number of ether oxygens (including phenoxy) is 1. The molecule has 1 aliphatic heterocycles. The lowest BCUT2D eigenvalue weighted by Crippen LogP contribution is -2.39. The highest BCUT2D eigenvalue weighted by atomic mass is 79.9. The smallest absolute Gasteiger partial charge is 0.338 e. The van der Waals surface area contributed by atoms with Gasteiger partial charge in [-0.15, -0.1) is 0 Å². The maximum Gasteiger partial charge on any atom is 0.338 e. The van der Waals surface area contributed by atoms with E-state index in [0.717, 1.165) is 20.1 Å². The molecule has 0 N–H and O–H groups in total. The second kappa shape index (κ2) is 10.2. The van der Waals surface area contributed by atoms with Crippen molar-refractivity contribution >= 4 is 55.2 Å². The van der Waals surface area contributed by atoms with Gasteiger partial charge in [0.15, 0.2) is 4.80 Å². The number of aromatic nitrogens is 1. The van der Waals surface area contributed by atoms with Crippen LogP contribution in [0.4, 0.5) is 0 Å². The molecule has 0 amide bonds. The average Bonchev–Trinajstić information content (AvgIpc) is 3.45. The summed E-state index contributed by atoms with van der Waals surface area (Å²) in [6.07, 6.45) is 1.71. The standard InChI is InChI=1S/C27H20Br2N2O4S/c1-3-34-26(33)23-15(2)30-27-31(24(23)16-7-5-4-6-8-16)25(32)22(36-27)14-18-10-12-21(35-18)19-13-17(28)9-11-20(19)29/h4-14,24H,3H2,1-2H3/b22-14+/t24-/m0/s1. The summed E-state index contributed by atoms with van der Waals surface area (Å²) in [4.78, 5) is 31.7.